The minimum absolute atomic E-state index is 0.0529. The Balaban J connectivity index is 1.73. The molecule has 0 bridgehead atoms. The van der Waals surface area contributed by atoms with Gasteiger partial charge in [-0.3, -0.25) is 9.59 Å². The summed E-state index contributed by atoms with van der Waals surface area (Å²) in [7, 11) is -1.86. The van der Waals surface area contributed by atoms with Crippen LogP contribution in [0.3, 0.4) is 0 Å². The highest BCUT2D eigenvalue weighted by Crippen LogP contribution is 2.32. The number of hydrogen-bond acceptors (Lipinski definition) is 5. The van der Waals surface area contributed by atoms with Gasteiger partial charge in [0.15, 0.2) is 0 Å². The Labute approximate surface area is 178 Å². The molecule has 2 aliphatic rings. The van der Waals surface area contributed by atoms with Gasteiger partial charge in [-0.1, -0.05) is 18.6 Å². The molecule has 1 saturated carbocycles. The van der Waals surface area contributed by atoms with E-state index in [0.29, 0.717) is 51.2 Å². The second-order valence-electron chi connectivity index (χ2n) is 8.03. The second kappa shape index (κ2) is 9.78. The van der Waals surface area contributed by atoms with Gasteiger partial charge in [-0.2, -0.15) is 4.31 Å². The number of nitrogens with one attached hydrogen (secondary N) is 1. The summed E-state index contributed by atoms with van der Waals surface area (Å²) in [6, 6.07) is 7.09. The predicted octanol–water partition coefficient (Wildman–Crippen LogP) is 1.02. The maximum absolute atomic E-state index is 12.9. The van der Waals surface area contributed by atoms with E-state index in [1.807, 2.05) is 24.3 Å². The quantitative estimate of drug-likeness (QED) is 0.759. The molecule has 1 aliphatic heterocycles. The Morgan fingerprint density at radius 2 is 2.00 bits per heavy atom. The van der Waals surface area contributed by atoms with Crippen molar-refractivity contribution in [2.45, 2.75) is 38.1 Å². The molecule has 0 spiro atoms. The van der Waals surface area contributed by atoms with Crippen molar-refractivity contribution in [3.05, 3.63) is 29.8 Å². The summed E-state index contributed by atoms with van der Waals surface area (Å²) < 4.78 is 31.5. The summed E-state index contributed by atoms with van der Waals surface area (Å²) in [6.45, 7) is 1.54. The Hall–Kier alpha value is -2.13. The Kier molecular flexibility index (Phi) is 7.36. The molecule has 1 heterocycles. The first-order valence-electron chi connectivity index (χ1n) is 10.4. The van der Waals surface area contributed by atoms with Crippen molar-refractivity contribution in [1.82, 2.24) is 14.5 Å². The lowest BCUT2D eigenvalue weighted by Crippen LogP contribution is -2.47. The van der Waals surface area contributed by atoms with Gasteiger partial charge in [-0.25, -0.2) is 8.42 Å². The molecule has 2 amide bonds. The largest absolute Gasteiger partial charge is 0.497 e. The number of nitrogens with zero attached hydrogens (tertiary/aromatic N) is 2. The number of rotatable bonds is 4. The molecule has 0 radical (unpaired) electrons. The van der Waals surface area contributed by atoms with Crippen molar-refractivity contribution >= 4 is 21.8 Å². The van der Waals surface area contributed by atoms with Crippen LogP contribution in [-0.2, 0) is 26.0 Å². The normalized spacial score (nSPS) is 23.9. The third kappa shape index (κ3) is 5.51. The summed E-state index contributed by atoms with van der Waals surface area (Å²) in [6.07, 6.45) is 4.21. The van der Waals surface area contributed by atoms with Crippen LogP contribution in [-0.4, -0.2) is 75.0 Å². The molecule has 30 heavy (non-hydrogen) atoms. The maximum atomic E-state index is 12.9. The van der Waals surface area contributed by atoms with Gasteiger partial charge in [0.2, 0.25) is 21.8 Å². The Morgan fingerprint density at radius 3 is 2.73 bits per heavy atom. The third-order valence-corrected chi connectivity index (χ3v) is 7.25. The zero-order chi connectivity index (χ0) is 21.7. The van der Waals surface area contributed by atoms with E-state index in [4.69, 9.17) is 4.74 Å². The fraction of sp³-hybridized carbons (Fsp3) is 0.619. The van der Waals surface area contributed by atoms with E-state index < -0.39 is 10.0 Å². The summed E-state index contributed by atoms with van der Waals surface area (Å²) in [4.78, 5) is 27.3. The fourth-order valence-electron chi connectivity index (χ4n) is 4.46. The summed E-state index contributed by atoms with van der Waals surface area (Å²) in [5.41, 5.74) is 0.852. The van der Waals surface area contributed by atoms with Crippen molar-refractivity contribution in [1.29, 1.82) is 0 Å². The third-order valence-electron chi connectivity index (χ3n) is 5.94. The van der Waals surface area contributed by atoms with Crippen LogP contribution in [0.15, 0.2) is 24.3 Å². The van der Waals surface area contributed by atoms with Gasteiger partial charge in [-0.15, -0.1) is 0 Å². The zero-order valence-corrected chi connectivity index (χ0v) is 18.5. The SMILES string of the molecule is COc1cccc(CC(=O)N2CCCN(S(C)(=O)=O)[C@H]3CCC[C@H]3C(=O)NCC2)c1. The molecule has 9 heteroatoms. The highest BCUT2D eigenvalue weighted by Gasteiger charge is 2.40. The molecule has 1 aromatic carbocycles. The first-order chi connectivity index (χ1) is 14.3. The average molecular weight is 438 g/mol. The molecule has 8 nitrogen and oxygen atoms in total. The summed E-state index contributed by atoms with van der Waals surface area (Å²) in [5, 5.41) is 2.92. The highest BCUT2D eigenvalue weighted by atomic mass is 32.2. The summed E-state index contributed by atoms with van der Waals surface area (Å²) in [5.74, 6) is 0.204. The first kappa shape index (κ1) is 22.6. The Bertz CT molecular complexity index is 873. The predicted molar refractivity (Wildman–Crippen MR) is 114 cm³/mol. The molecule has 1 N–H and O–H groups in total. The van der Waals surface area contributed by atoms with E-state index in [1.165, 1.54) is 10.6 Å². The van der Waals surface area contributed by atoms with Crippen molar-refractivity contribution in [3.8, 4) is 5.75 Å². The average Bonchev–Trinajstić information content (AvgIpc) is 3.16. The van der Waals surface area contributed by atoms with Crippen LogP contribution in [0.5, 0.6) is 5.75 Å². The van der Waals surface area contributed by atoms with Crippen LogP contribution >= 0.6 is 0 Å². The molecule has 0 aromatic heterocycles. The van der Waals surface area contributed by atoms with Gasteiger partial charge in [-0.05, 0) is 37.0 Å². The van der Waals surface area contributed by atoms with Gasteiger partial charge in [0, 0.05) is 32.2 Å². The lowest BCUT2D eigenvalue weighted by Gasteiger charge is -2.30. The lowest BCUT2D eigenvalue weighted by atomic mass is 10.0. The number of fused-ring (bicyclic) bond motifs is 1. The second-order valence-corrected chi connectivity index (χ2v) is 9.97. The molecule has 1 saturated heterocycles. The van der Waals surface area contributed by atoms with E-state index >= 15 is 0 Å². The number of benzene rings is 1. The molecular formula is C21H31N3O5S. The van der Waals surface area contributed by atoms with Crippen LogP contribution < -0.4 is 10.1 Å². The summed E-state index contributed by atoms with van der Waals surface area (Å²) >= 11 is 0. The maximum Gasteiger partial charge on any atom is 0.227 e. The standard InChI is InChI=1S/C21H31N3O5S/c1-29-17-7-3-6-16(14-17)15-20(25)23-11-5-12-24(30(2,27)28)19-9-4-8-18(19)21(26)22-10-13-23/h3,6-7,14,18-19H,4-5,8-13,15H2,1-2H3,(H,22,26)/t18-,19+/m1/s1. The van der Waals surface area contributed by atoms with E-state index in [0.717, 1.165) is 12.0 Å². The fourth-order valence-corrected chi connectivity index (χ4v) is 5.67. The van der Waals surface area contributed by atoms with Crippen LogP contribution in [0.2, 0.25) is 0 Å². The molecule has 0 unspecified atom stereocenters. The lowest BCUT2D eigenvalue weighted by molar-refractivity contribution is -0.131. The van der Waals surface area contributed by atoms with Crippen molar-refractivity contribution in [2.75, 3.05) is 39.5 Å². The number of hydrogen-bond donors (Lipinski definition) is 1. The zero-order valence-electron chi connectivity index (χ0n) is 17.7. The number of carbonyl (C=O) groups is 2. The van der Waals surface area contributed by atoms with Crippen LogP contribution in [0.1, 0.15) is 31.2 Å². The minimum atomic E-state index is -3.44. The van der Waals surface area contributed by atoms with E-state index in [-0.39, 0.29) is 30.2 Å². The number of sulfonamides is 1. The van der Waals surface area contributed by atoms with Crippen molar-refractivity contribution in [3.63, 3.8) is 0 Å². The van der Waals surface area contributed by atoms with Crippen molar-refractivity contribution in [2.24, 2.45) is 5.92 Å². The smallest absolute Gasteiger partial charge is 0.227 e. The molecule has 1 aliphatic carbocycles. The molecule has 1 aromatic rings. The molecule has 3 rings (SSSR count). The number of amides is 2. The number of methoxy groups -OCH3 is 1. The molecule has 2 fully saturated rings. The van der Waals surface area contributed by atoms with Crippen LogP contribution in [0.4, 0.5) is 0 Å². The Morgan fingerprint density at radius 1 is 1.20 bits per heavy atom. The monoisotopic (exact) mass is 437 g/mol. The highest BCUT2D eigenvalue weighted by molar-refractivity contribution is 7.88. The van der Waals surface area contributed by atoms with Gasteiger partial charge in [0.1, 0.15) is 5.75 Å². The minimum Gasteiger partial charge on any atom is -0.497 e. The molecule has 166 valence electrons. The topological polar surface area (TPSA) is 96.0 Å². The molecule has 2 atom stereocenters. The number of ether oxygens (including phenoxy) is 1. The van der Waals surface area contributed by atoms with Gasteiger partial charge < -0.3 is 15.0 Å². The van der Waals surface area contributed by atoms with Gasteiger partial charge in [0.25, 0.3) is 0 Å². The van der Waals surface area contributed by atoms with E-state index in [1.54, 1.807) is 12.0 Å². The van der Waals surface area contributed by atoms with E-state index in [2.05, 4.69) is 5.32 Å². The van der Waals surface area contributed by atoms with Gasteiger partial charge >= 0.3 is 0 Å². The van der Waals surface area contributed by atoms with Crippen LogP contribution in [0.25, 0.3) is 0 Å². The van der Waals surface area contributed by atoms with E-state index in [9.17, 15) is 18.0 Å². The first-order valence-corrected chi connectivity index (χ1v) is 12.3. The van der Waals surface area contributed by atoms with Crippen LogP contribution in [0, 0.1) is 5.92 Å². The van der Waals surface area contributed by atoms with Crippen molar-refractivity contribution < 1.29 is 22.7 Å². The van der Waals surface area contributed by atoms with Gasteiger partial charge in [0.05, 0.1) is 25.7 Å². The molecular weight excluding hydrogens is 406 g/mol. The number of carbonyl (C=O) groups excluding carboxylic acids is 2.